The summed E-state index contributed by atoms with van der Waals surface area (Å²) >= 11 is 0. The first kappa shape index (κ1) is 20.6. The number of hydrogen-bond acceptors (Lipinski definition) is 5. The summed E-state index contributed by atoms with van der Waals surface area (Å²) in [5, 5.41) is 15.6. The zero-order chi connectivity index (χ0) is 21.8. The van der Waals surface area contributed by atoms with Crippen LogP contribution in [0.3, 0.4) is 0 Å². The highest BCUT2D eigenvalue weighted by atomic mass is 16.4. The summed E-state index contributed by atoms with van der Waals surface area (Å²) in [7, 11) is 1.68. The topological polar surface area (TPSA) is 100 Å². The molecule has 158 valence electrons. The van der Waals surface area contributed by atoms with E-state index in [4.69, 9.17) is 4.42 Å². The van der Waals surface area contributed by atoms with Crippen LogP contribution < -0.4 is 16.4 Å². The van der Waals surface area contributed by atoms with Crippen LogP contribution in [0.2, 0.25) is 0 Å². The highest BCUT2D eigenvalue weighted by Gasteiger charge is 2.20. The number of benzene rings is 2. The van der Waals surface area contributed by atoms with Gasteiger partial charge in [0, 0.05) is 20.0 Å². The average molecular weight is 416 g/mol. The van der Waals surface area contributed by atoms with E-state index in [9.17, 15) is 14.9 Å². The van der Waals surface area contributed by atoms with Gasteiger partial charge in [0.1, 0.15) is 6.04 Å². The minimum Gasteiger partial charge on any atom is -0.408 e. The number of nitrogens with one attached hydrogen (secondary N) is 2. The molecule has 3 aromatic rings. The third-order valence-electron chi connectivity index (χ3n) is 5.55. The molecule has 0 bridgehead atoms. The molecule has 2 atom stereocenters. The molecule has 1 aromatic heterocycles. The minimum absolute atomic E-state index is 0.132. The molecule has 0 radical (unpaired) electrons. The van der Waals surface area contributed by atoms with Crippen molar-refractivity contribution in [3.63, 3.8) is 0 Å². The van der Waals surface area contributed by atoms with Crippen LogP contribution >= 0.6 is 0 Å². The third-order valence-corrected chi connectivity index (χ3v) is 5.55. The number of fused-ring (bicyclic) bond motifs is 1. The van der Waals surface area contributed by atoms with Crippen LogP contribution in [0.4, 0.5) is 0 Å². The number of aromatic nitrogens is 1. The lowest BCUT2D eigenvalue weighted by Crippen LogP contribution is -2.41. The van der Waals surface area contributed by atoms with Gasteiger partial charge in [0.25, 0.3) is 0 Å². The second kappa shape index (κ2) is 9.02. The number of hydrogen-bond donors (Lipinski definition) is 2. The Hall–Kier alpha value is -3.63. The fourth-order valence-electron chi connectivity index (χ4n) is 3.73. The maximum atomic E-state index is 12.5. The van der Waals surface area contributed by atoms with Gasteiger partial charge in [-0.2, -0.15) is 5.26 Å². The largest absolute Gasteiger partial charge is 0.419 e. The average Bonchev–Trinajstić information content (AvgIpc) is 2.96. The number of carbonyl (C=O) groups excluding carboxylic acids is 1. The van der Waals surface area contributed by atoms with Gasteiger partial charge in [-0.05, 0) is 41.8 Å². The molecule has 1 aliphatic rings. The van der Waals surface area contributed by atoms with Crippen LogP contribution in [0.1, 0.15) is 12.0 Å². The normalized spacial score (nSPS) is 17.1. The molecule has 2 N–H and O–H groups in total. The van der Waals surface area contributed by atoms with Crippen molar-refractivity contribution < 1.29 is 9.21 Å². The summed E-state index contributed by atoms with van der Waals surface area (Å²) in [5.74, 6) is -0.774. The molecule has 1 amide bonds. The van der Waals surface area contributed by atoms with E-state index in [0.29, 0.717) is 18.5 Å². The number of nitrogens with zero attached hydrogens (tertiary/aromatic N) is 2. The number of amides is 1. The molecule has 4 rings (SSSR count). The molecule has 2 aromatic carbocycles. The quantitative estimate of drug-likeness (QED) is 0.623. The van der Waals surface area contributed by atoms with Crippen molar-refractivity contribution in [2.75, 3.05) is 13.1 Å². The molecule has 2 heterocycles. The predicted molar refractivity (Wildman–Crippen MR) is 118 cm³/mol. The van der Waals surface area contributed by atoms with Crippen molar-refractivity contribution in [2.24, 2.45) is 13.0 Å². The lowest BCUT2D eigenvalue weighted by molar-refractivity contribution is -0.123. The second-order valence-electron chi connectivity index (χ2n) is 7.73. The summed E-state index contributed by atoms with van der Waals surface area (Å²) in [6.07, 6.45) is 5.25. The van der Waals surface area contributed by atoms with Gasteiger partial charge in [-0.15, -0.1) is 0 Å². The van der Waals surface area contributed by atoms with Gasteiger partial charge >= 0.3 is 5.76 Å². The number of carbonyl (C=O) groups is 1. The Bertz CT molecular complexity index is 1210. The van der Waals surface area contributed by atoms with E-state index in [-0.39, 0.29) is 17.6 Å². The number of rotatable bonds is 5. The van der Waals surface area contributed by atoms with Crippen LogP contribution in [-0.4, -0.2) is 29.6 Å². The Morgan fingerprint density at radius 1 is 1.29 bits per heavy atom. The summed E-state index contributed by atoms with van der Waals surface area (Å²) in [5.41, 5.74) is 4.21. The van der Waals surface area contributed by atoms with Crippen LogP contribution in [-0.2, 0) is 18.3 Å². The molecule has 0 fully saturated rings. The van der Waals surface area contributed by atoms with Crippen molar-refractivity contribution in [3.8, 4) is 17.2 Å². The summed E-state index contributed by atoms with van der Waals surface area (Å²) in [6, 6.07) is 15.1. The number of oxazole rings is 1. The first-order valence-electron chi connectivity index (χ1n) is 10.3. The van der Waals surface area contributed by atoms with Gasteiger partial charge in [0.2, 0.25) is 5.91 Å². The highest BCUT2D eigenvalue weighted by Crippen LogP contribution is 2.24. The fraction of sp³-hybridized carbons (Fsp3) is 0.292. The monoisotopic (exact) mass is 416 g/mol. The number of aryl methyl sites for hydroxylation is 1. The Kier molecular flexibility index (Phi) is 6.01. The maximum Gasteiger partial charge on any atom is 0.419 e. The molecule has 7 heteroatoms. The Labute approximate surface area is 180 Å². The summed E-state index contributed by atoms with van der Waals surface area (Å²) in [6.45, 7) is 1.44. The number of nitriles is 1. The summed E-state index contributed by atoms with van der Waals surface area (Å²) < 4.78 is 6.66. The van der Waals surface area contributed by atoms with Crippen molar-refractivity contribution in [1.29, 1.82) is 5.26 Å². The van der Waals surface area contributed by atoms with Gasteiger partial charge < -0.3 is 15.1 Å². The van der Waals surface area contributed by atoms with E-state index >= 15 is 0 Å². The molecule has 1 unspecified atom stereocenters. The smallest absolute Gasteiger partial charge is 0.408 e. The fourth-order valence-corrected chi connectivity index (χ4v) is 3.73. The zero-order valence-electron chi connectivity index (χ0n) is 17.3. The molecule has 1 aliphatic heterocycles. The first-order chi connectivity index (χ1) is 15.0. The van der Waals surface area contributed by atoms with Gasteiger partial charge in [-0.3, -0.25) is 9.36 Å². The lowest BCUT2D eigenvalue weighted by Gasteiger charge is -2.16. The van der Waals surface area contributed by atoms with Gasteiger partial charge in [-0.25, -0.2) is 4.79 Å². The molecular weight excluding hydrogens is 392 g/mol. The molecular formula is C24H24N4O3. The molecule has 0 saturated carbocycles. The Morgan fingerprint density at radius 2 is 2.06 bits per heavy atom. The van der Waals surface area contributed by atoms with E-state index in [2.05, 4.69) is 16.7 Å². The van der Waals surface area contributed by atoms with Crippen molar-refractivity contribution >= 4 is 17.0 Å². The Morgan fingerprint density at radius 3 is 2.84 bits per heavy atom. The first-order valence-corrected chi connectivity index (χ1v) is 10.3. The Balaban J connectivity index is 1.45. The van der Waals surface area contributed by atoms with Crippen LogP contribution in [0.25, 0.3) is 22.2 Å². The van der Waals surface area contributed by atoms with E-state index in [1.165, 1.54) is 4.57 Å². The van der Waals surface area contributed by atoms with Gasteiger partial charge in [0.05, 0.1) is 17.5 Å². The molecule has 0 aliphatic carbocycles. The van der Waals surface area contributed by atoms with Gasteiger partial charge in [0.15, 0.2) is 5.58 Å². The molecule has 7 nitrogen and oxygen atoms in total. The SMILES string of the molecule is Cn1c(=O)oc2ccc(-c3ccc(C[C@@H](C#N)NC(=O)C4C=CCCNC4)cc3)cc21. The van der Waals surface area contributed by atoms with Gasteiger partial charge in [-0.1, -0.05) is 42.5 Å². The van der Waals surface area contributed by atoms with Crippen LogP contribution in [0.15, 0.2) is 63.8 Å². The van der Waals surface area contributed by atoms with Crippen LogP contribution in [0.5, 0.6) is 0 Å². The van der Waals surface area contributed by atoms with E-state index < -0.39 is 6.04 Å². The highest BCUT2D eigenvalue weighted by molar-refractivity contribution is 5.82. The second-order valence-corrected chi connectivity index (χ2v) is 7.73. The molecule has 31 heavy (non-hydrogen) atoms. The van der Waals surface area contributed by atoms with Crippen molar-refractivity contribution in [1.82, 2.24) is 15.2 Å². The predicted octanol–water partition coefficient (Wildman–Crippen LogP) is 2.52. The summed E-state index contributed by atoms with van der Waals surface area (Å²) in [4.78, 5) is 24.2. The van der Waals surface area contributed by atoms with Crippen molar-refractivity contribution in [2.45, 2.75) is 18.9 Å². The van der Waals surface area contributed by atoms with E-state index in [1.54, 1.807) is 13.1 Å². The zero-order valence-corrected chi connectivity index (χ0v) is 17.3. The van der Waals surface area contributed by atoms with E-state index in [0.717, 1.165) is 35.2 Å². The minimum atomic E-state index is -0.591. The molecule has 0 saturated heterocycles. The lowest BCUT2D eigenvalue weighted by atomic mass is 10.00. The standard InChI is InChI=1S/C24H24N4O3/c1-28-21-13-18(9-10-22(21)31-24(28)30)17-7-5-16(6-8-17)12-20(14-25)27-23(29)19-4-2-3-11-26-15-19/h2,4-10,13,19-20,26H,3,11-12,15H2,1H3,(H,27,29)/t19?,20-/m0/s1. The van der Waals surface area contributed by atoms with E-state index in [1.807, 2.05) is 48.6 Å². The molecule has 0 spiro atoms. The van der Waals surface area contributed by atoms with Crippen LogP contribution in [0, 0.1) is 17.2 Å². The van der Waals surface area contributed by atoms with Crippen molar-refractivity contribution in [3.05, 3.63) is 70.7 Å². The maximum absolute atomic E-state index is 12.5. The third kappa shape index (κ3) is 4.60.